The zero-order chi connectivity index (χ0) is 13.8. The molecule has 0 spiro atoms. The van der Waals surface area contributed by atoms with Crippen molar-refractivity contribution < 1.29 is 19.1 Å². The second-order valence-corrected chi connectivity index (χ2v) is 4.94. The molecule has 1 fully saturated rings. The molecule has 1 aromatic heterocycles. The zero-order valence-corrected chi connectivity index (χ0v) is 11.0. The van der Waals surface area contributed by atoms with E-state index in [1.54, 1.807) is 6.07 Å². The first-order valence-corrected chi connectivity index (χ1v) is 6.73. The molecule has 1 aromatic rings. The minimum atomic E-state index is -0.957. The summed E-state index contributed by atoms with van der Waals surface area (Å²) in [6, 6.07) is 0.788. The third-order valence-corrected chi connectivity index (χ3v) is 3.74. The molecule has 0 radical (unpaired) electrons. The number of nitrogens with one attached hydrogen (secondary N) is 1. The van der Waals surface area contributed by atoms with E-state index in [2.05, 4.69) is 5.32 Å². The Morgan fingerprint density at radius 2 is 2.16 bits per heavy atom. The van der Waals surface area contributed by atoms with E-state index in [1.165, 1.54) is 6.26 Å². The predicted octanol–water partition coefficient (Wildman–Crippen LogP) is 2.22. The summed E-state index contributed by atoms with van der Waals surface area (Å²) in [7, 11) is 0. The maximum absolute atomic E-state index is 12.1. The lowest BCUT2D eigenvalue weighted by Crippen LogP contribution is -2.45. The second kappa shape index (κ2) is 5.91. The molecule has 104 valence electrons. The van der Waals surface area contributed by atoms with Crippen LogP contribution < -0.4 is 5.32 Å². The summed E-state index contributed by atoms with van der Waals surface area (Å²) in [5, 5.41) is 11.9. The van der Waals surface area contributed by atoms with E-state index in [1.807, 2.05) is 6.92 Å². The number of aryl methyl sites for hydroxylation is 1. The monoisotopic (exact) mass is 265 g/mol. The van der Waals surface area contributed by atoms with Crippen molar-refractivity contribution >= 4 is 11.9 Å². The molecular formula is C14H19NO4. The number of carbonyl (C=O) groups excluding carboxylic acids is 1. The minimum absolute atomic E-state index is 0.0402. The number of carboxylic acids is 1. The van der Waals surface area contributed by atoms with Gasteiger partial charge in [0.1, 0.15) is 11.8 Å². The van der Waals surface area contributed by atoms with E-state index < -0.39 is 12.0 Å². The average Bonchev–Trinajstić information content (AvgIpc) is 3.05. The van der Waals surface area contributed by atoms with Gasteiger partial charge in [0, 0.05) is 6.42 Å². The molecule has 19 heavy (non-hydrogen) atoms. The first kappa shape index (κ1) is 13.6. The molecule has 0 saturated heterocycles. The van der Waals surface area contributed by atoms with Crippen LogP contribution in [-0.4, -0.2) is 23.0 Å². The Balaban J connectivity index is 2.08. The predicted molar refractivity (Wildman–Crippen MR) is 68.9 cm³/mol. The minimum Gasteiger partial charge on any atom is -0.480 e. The lowest BCUT2D eigenvalue weighted by Gasteiger charge is -2.20. The van der Waals surface area contributed by atoms with Crippen LogP contribution in [0.15, 0.2) is 16.7 Å². The molecule has 1 aliphatic carbocycles. The van der Waals surface area contributed by atoms with E-state index in [4.69, 9.17) is 4.42 Å². The van der Waals surface area contributed by atoms with Crippen LogP contribution >= 0.6 is 0 Å². The van der Waals surface area contributed by atoms with Crippen molar-refractivity contribution in [2.45, 2.75) is 45.1 Å². The fourth-order valence-electron chi connectivity index (χ4n) is 2.71. The Bertz CT molecular complexity index is 460. The van der Waals surface area contributed by atoms with Crippen LogP contribution in [0.25, 0.3) is 0 Å². The van der Waals surface area contributed by atoms with Gasteiger partial charge in [-0.05, 0) is 24.8 Å². The third kappa shape index (κ3) is 2.97. The lowest BCUT2D eigenvalue weighted by atomic mass is 9.98. The van der Waals surface area contributed by atoms with Crippen LogP contribution in [0.5, 0.6) is 0 Å². The summed E-state index contributed by atoms with van der Waals surface area (Å²) < 4.78 is 5.19. The van der Waals surface area contributed by atoms with Crippen LogP contribution in [0.4, 0.5) is 0 Å². The normalized spacial score (nSPS) is 17.3. The molecule has 2 N–H and O–H groups in total. The number of furan rings is 1. The van der Waals surface area contributed by atoms with Gasteiger partial charge in [0.15, 0.2) is 0 Å². The Labute approximate surface area is 112 Å². The van der Waals surface area contributed by atoms with Gasteiger partial charge in [-0.25, -0.2) is 4.79 Å². The van der Waals surface area contributed by atoms with E-state index in [0.717, 1.165) is 25.7 Å². The second-order valence-electron chi connectivity index (χ2n) is 4.94. The number of hydrogen-bond acceptors (Lipinski definition) is 3. The Kier molecular flexibility index (Phi) is 4.24. The fourth-order valence-corrected chi connectivity index (χ4v) is 2.71. The highest BCUT2D eigenvalue weighted by molar-refractivity contribution is 5.97. The van der Waals surface area contributed by atoms with Gasteiger partial charge in [-0.15, -0.1) is 0 Å². The molecular weight excluding hydrogens is 246 g/mol. The zero-order valence-electron chi connectivity index (χ0n) is 11.0. The summed E-state index contributed by atoms with van der Waals surface area (Å²) in [6.45, 7) is 1.89. The molecule has 1 unspecified atom stereocenters. The van der Waals surface area contributed by atoms with E-state index in [-0.39, 0.29) is 11.8 Å². The molecule has 1 saturated carbocycles. The van der Waals surface area contributed by atoms with Crippen molar-refractivity contribution in [2.75, 3.05) is 0 Å². The fraction of sp³-hybridized carbons (Fsp3) is 0.571. The van der Waals surface area contributed by atoms with Gasteiger partial charge < -0.3 is 14.8 Å². The van der Waals surface area contributed by atoms with Gasteiger partial charge in [0.2, 0.25) is 0 Å². The molecule has 1 amide bonds. The summed E-state index contributed by atoms with van der Waals surface area (Å²) in [6.07, 6.45) is 5.87. The highest BCUT2D eigenvalue weighted by Crippen LogP contribution is 2.28. The van der Waals surface area contributed by atoms with Gasteiger partial charge in [0.25, 0.3) is 5.91 Å². The summed E-state index contributed by atoms with van der Waals surface area (Å²) in [4.78, 5) is 23.4. The Hall–Kier alpha value is -1.78. The Morgan fingerprint density at radius 3 is 2.74 bits per heavy atom. The van der Waals surface area contributed by atoms with Crippen molar-refractivity contribution in [1.82, 2.24) is 5.32 Å². The Morgan fingerprint density at radius 1 is 1.47 bits per heavy atom. The van der Waals surface area contributed by atoms with Crippen LogP contribution in [0.2, 0.25) is 0 Å². The number of hydrogen-bond donors (Lipinski definition) is 2. The van der Waals surface area contributed by atoms with Gasteiger partial charge in [0.05, 0.1) is 11.8 Å². The molecule has 0 aliphatic heterocycles. The first-order valence-electron chi connectivity index (χ1n) is 6.73. The molecule has 2 rings (SSSR count). The van der Waals surface area contributed by atoms with Crippen molar-refractivity contribution in [3.05, 3.63) is 23.7 Å². The standard InChI is InChI=1S/C14H19NO4/c1-2-11-10(7-8-19-11)13(16)15-12(14(17)18)9-5-3-4-6-9/h7-9,12H,2-6H2,1H3,(H,15,16)(H,17,18). The maximum atomic E-state index is 12.1. The molecule has 0 aromatic carbocycles. The SMILES string of the molecule is CCc1occc1C(=O)NC(C(=O)O)C1CCCC1. The van der Waals surface area contributed by atoms with Gasteiger partial charge >= 0.3 is 5.97 Å². The van der Waals surface area contributed by atoms with Crippen LogP contribution in [0, 0.1) is 5.92 Å². The number of carbonyl (C=O) groups is 2. The molecule has 1 atom stereocenters. The summed E-state index contributed by atoms with van der Waals surface area (Å²) in [5.74, 6) is -0.682. The number of amides is 1. The van der Waals surface area contributed by atoms with Gasteiger partial charge in [-0.2, -0.15) is 0 Å². The summed E-state index contributed by atoms with van der Waals surface area (Å²) in [5.41, 5.74) is 0.437. The van der Waals surface area contributed by atoms with Crippen molar-refractivity contribution in [3.8, 4) is 0 Å². The lowest BCUT2D eigenvalue weighted by molar-refractivity contribution is -0.140. The molecule has 5 heteroatoms. The number of carboxylic acid groups (broad SMARTS) is 1. The quantitative estimate of drug-likeness (QED) is 0.855. The van der Waals surface area contributed by atoms with Gasteiger partial charge in [-0.3, -0.25) is 4.79 Å². The highest BCUT2D eigenvalue weighted by Gasteiger charge is 2.32. The third-order valence-electron chi connectivity index (χ3n) is 3.74. The van der Waals surface area contributed by atoms with Crippen LogP contribution in [0.3, 0.4) is 0 Å². The van der Waals surface area contributed by atoms with E-state index >= 15 is 0 Å². The molecule has 5 nitrogen and oxygen atoms in total. The van der Waals surface area contributed by atoms with Crippen LogP contribution in [-0.2, 0) is 11.2 Å². The van der Waals surface area contributed by atoms with E-state index in [9.17, 15) is 14.7 Å². The topological polar surface area (TPSA) is 79.5 Å². The summed E-state index contributed by atoms with van der Waals surface area (Å²) >= 11 is 0. The smallest absolute Gasteiger partial charge is 0.326 e. The maximum Gasteiger partial charge on any atom is 0.326 e. The van der Waals surface area contributed by atoms with Crippen molar-refractivity contribution in [2.24, 2.45) is 5.92 Å². The average molecular weight is 265 g/mol. The molecule has 1 aliphatic rings. The van der Waals surface area contributed by atoms with Crippen molar-refractivity contribution in [1.29, 1.82) is 0 Å². The largest absolute Gasteiger partial charge is 0.480 e. The molecule has 0 bridgehead atoms. The molecule has 1 heterocycles. The van der Waals surface area contributed by atoms with Crippen LogP contribution in [0.1, 0.15) is 48.7 Å². The van der Waals surface area contributed by atoms with Crippen molar-refractivity contribution in [3.63, 3.8) is 0 Å². The highest BCUT2D eigenvalue weighted by atomic mass is 16.4. The number of aliphatic carboxylic acids is 1. The number of rotatable bonds is 5. The van der Waals surface area contributed by atoms with Gasteiger partial charge in [-0.1, -0.05) is 19.8 Å². The first-order chi connectivity index (χ1) is 9.13. The van der Waals surface area contributed by atoms with E-state index in [0.29, 0.717) is 17.7 Å².